The maximum atomic E-state index is 13.5. The second-order valence-corrected chi connectivity index (χ2v) is 23.2. The van der Waals surface area contributed by atoms with E-state index < -0.39 is 32.5 Å². The van der Waals surface area contributed by atoms with E-state index in [1.165, 1.54) is 83.5 Å². The van der Waals surface area contributed by atoms with Gasteiger partial charge in [0, 0.05) is 12.8 Å². The van der Waals surface area contributed by atoms with E-state index in [1.807, 2.05) is 39.4 Å². The molecule has 0 heterocycles. The Hall–Kier alpha value is -3.85. The minimum absolute atomic E-state index is 0.0449. The first-order valence-corrected chi connectivity index (χ1v) is 33.0. The molecule has 0 bridgehead atoms. The zero-order valence-electron chi connectivity index (χ0n) is 51.3. The summed E-state index contributed by atoms with van der Waals surface area (Å²) in [5.74, 6) is -0.669. The molecule has 0 aromatic rings. The Labute approximate surface area is 485 Å². The Morgan fingerprint density at radius 2 is 0.823 bits per heavy atom. The maximum Gasteiger partial charge on any atom is 0.306 e. The Kier molecular flexibility index (Phi) is 54.6. The number of carbonyl (C=O) groups excluding carboxylic acids is 2. The van der Waals surface area contributed by atoms with Crippen LogP contribution < -0.4 is 10.2 Å². The predicted molar refractivity (Wildman–Crippen MR) is 339 cm³/mol. The number of phosphoric ester groups is 1. The number of ether oxygens (including phenoxy) is 1. The molecular weight excluding hydrogens is 1000 g/mol. The normalized spacial score (nSPS) is 14.6. The molecule has 0 spiro atoms. The second-order valence-electron chi connectivity index (χ2n) is 21.8. The minimum Gasteiger partial charge on any atom is -0.756 e. The summed E-state index contributed by atoms with van der Waals surface area (Å²) in [6, 6.07) is -0.939. The van der Waals surface area contributed by atoms with Crippen LogP contribution in [0, 0.1) is 0 Å². The van der Waals surface area contributed by atoms with Crippen molar-refractivity contribution in [2.24, 2.45) is 0 Å². The Morgan fingerprint density at radius 3 is 1.27 bits per heavy atom. The average Bonchev–Trinajstić information content (AvgIpc) is 3.41. The van der Waals surface area contributed by atoms with Gasteiger partial charge in [-0.3, -0.25) is 14.2 Å². The molecule has 0 aromatic heterocycles. The Morgan fingerprint density at radius 1 is 0.456 bits per heavy atom. The van der Waals surface area contributed by atoms with Gasteiger partial charge >= 0.3 is 5.97 Å². The standard InChI is InChI=1S/C69H117N2O7P/c1-7-10-13-16-19-22-25-28-30-32-34-35-37-38-40-43-46-49-52-55-58-61-68(72)70-66(65-77-79(74,75)76-64-63-71(4,5)6)67(60-57-54-51-48-45-42-27-24-21-18-15-12-9-3)78-69(73)62-59-56-53-50-47-44-41-39-36-33-31-29-26-23-20-17-14-11-8-2/h11,14,19-20,22-23,28-31,34-36,38-40,44,47,53,56-57,60,66-67H,7-10,12-13,15-18,21,24-27,32-33,37,41-43,45-46,48-52,54-55,58-59,61-65H2,1-6H3,(H-,70,72,74,75)/b14-11-,22-19-,23-20-,30-28-,31-29-,35-34-,39-36-,40-38-,47-44-,56-53-,60-57+. The summed E-state index contributed by atoms with van der Waals surface area (Å²) in [6.07, 6.45) is 81.4. The number of amides is 1. The molecule has 450 valence electrons. The second kappa shape index (κ2) is 57.4. The van der Waals surface area contributed by atoms with Crippen LogP contribution >= 0.6 is 7.82 Å². The number of unbranched alkanes of at least 4 members (excludes halogenated alkanes) is 19. The van der Waals surface area contributed by atoms with Crippen molar-refractivity contribution in [3.05, 3.63) is 134 Å². The first kappa shape index (κ1) is 75.2. The van der Waals surface area contributed by atoms with Crippen molar-refractivity contribution in [2.45, 2.75) is 251 Å². The van der Waals surface area contributed by atoms with Gasteiger partial charge in [-0.15, -0.1) is 0 Å². The van der Waals surface area contributed by atoms with Gasteiger partial charge < -0.3 is 28.5 Å². The van der Waals surface area contributed by atoms with E-state index in [-0.39, 0.29) is 25.4 Å². The smallest absolute Gasteiger partial charge is 0.306 e. The third-order valence-corrected chi connectivity index (χ3v) is 14.0. The Balaban J connectivity index is 5.44. The fraction of sp³-hybridized carbons (Fsp3) is 0.652. The summed E-state index contributed by atoms with van der Waals surface area (Å²) < 4.78 is 30.2. The van der Waals surface area contributed by atoms with Gasteiger partial charge in [-0.1, -0.05) is 245 Å². The average molecular weight is 1120 g/mol. The van der Waals surface area contributed by atoms with Gasteiger partial charge in [0.05, 0.1) is 33.8 Å². The summed E-state index contributed by atoms with van der Waals surface area (Å²) in [4.78, 5) is 40.0. The number of carbonyl (C=O) groups is 2. The number of nitrogens with one attached hydrogen (secondary N) is 1. The van der Waals surface area contributed by atoms with E-state index in [4.69, 9.17) is 13.8 Å². The van der Waals surface area contributed by atoms with E-state index in [9.17, 15) is 19.0 Å². The molecule has 0 rings (SSSR count). The molecule has 9 nitrogen and oxygen atoms in total. The number of esters is 1. The van der Waals surface area contributed by atoms with Crippen molar-refractivity contribution in [3.8, 4) is 0 Å². The van der Waals surface area contributed by atoms with E-state index in [0.717, 1.165) is 109 Å². The van der Waals surface area contributed by atoms with Crippen molar-refractivity contribution in [3.63, 3.8) is 0 Å². The molecule has 0 aliphatic rings. The fourth-order valence-electron chi connectivity index (χ4n) is 8.24. The number of rotatable bonds is 55. The summed E-state index contributed by atoms with van der Waals surface area (Å²) in [6.45, 7) is 6.62. The molecule has 0 aliphatic carbocycles. The van der Waals surface area contributed by atoms with Crippen molar-refractivity contribution in [1.82, 2.24) is 5.32 Å². The largest absolute Gasteiger partial charge is 0.756 e. The van der Waals surface area contributed by atoms with E-state index >= 15 is 0 Å². The van der Waals surface area contributed by atoms with Crippen LogP contribution in [0.15, 0.2) is 134 Å². The maximum absolute atomic E-state index is 13.5. The first-order valence-electron chi connectivity index (χ1n) is 31.5. The zero-order valence-corrected chi connectivity index (χ0v) is 52.2. The van der Waals surface area contributed by atoms with Gasteiger partial charge in [0.2, 0.25) is 5.91 Å². The van der Waals surface area contributed by atoms with E-state index in [1.54, 1.807) is 6.08 Å². The number of allylic oxidation sites excluding steroid dienone is 21. The third-order valence-electron chi connectivity index (χ3n) is 13.1. The molecule has 1 amide bonds. The molecule has 79 heavy (non-hydrogen) atoms. The number of likely N-dealkylation sites (N-methyl/N-ethyl adjacent to an activating group) is 1. The highest BCUT2D eigenvalue weighted by molar-refractivity contribution is 7.45. The van der Waals surface area contributed by atoms with Gasteiger partial charge in [-0.05, 0) is 115 Å². The van der Waals surface area contributed by atoms with Crippen molar-refractivity contribution in [1.29, 1.82) is 0 Å². The topological polar surface area (TPSA) is 114 Å². The van der Waals surface area contributed by atoms with Crippen molar-refractivity contribution < 1.29 is 37.3 Å². The van der Waals surface area contributed by atoms with Crippen LogP contribution in [0.5, 0.6) is 0 Å². The quantitative estimate of drug-likeness (QED) is 0.0212. The number of quaternary nitrogens is 1. The molecule has 0 radical (unpaired) electrons. The van der Waals surface area contributed by atoms with Crippen LogP contribution in [0.25, 0.3) is 0 Å². The number of phosphoric acid groups is 1. The molecule has 3 atom stereocenters. The molecule has 3 unspecified atom stereocenters. The molecule has 0 saturated carbocycles. The van der Waals surface area contributed by atoms with Gasteiger partial charge in [0.15, 0.2) is 0 Å². The minimum atomic E-state index is -4.73. The van der Waals surface area contributed by atoms with Gasteiger partial charge in [0.25, 0.3) is 7.82 Å². The highest BCUT2D eigenvalue weighted by Crippen LogP contribution is 2.38. The highest BCUT2D eigenvalue weighted by atomic mass is 31.2. The molecule has 0 fully saturated rings. The predicted octanol–water partition coefficient (Wildman–Crippen LogP) is 19.0. The SMILES string of the molecule is CC/C=C\C/C=C\C/C=C\C/C=C\C/C=C\C/C=C\CCC(=O)OC(/C=C/CCCCCCCCCCCCC)C(COP(=O)([O-])OCC[N+](C)(C)C)NC(=O)CCCCCCC/C=C\C/C=C\C/C=C\C/C=C\CCCCC. The monoisotopic (exact) mass is 1120 g/mol. The van der Waals surface area contributed by atoms with Crippen LogP contribution in [-0.4, -0.2) is 69.4 Å². The summed E-state index contributed by atoms with van der Waals surface area (Å²) in [5.41, 5.74) is 0. The molecule has 0 aromatic carbocycles. The number of hydrogen-bond acceptors (Lipinski definition) is 7. The van der Waals surface area contributed by atoms with Crippen LogP contribution in [0.1, 0.15) is 239 Å². The van der Waals surface area contributed by atoms with Crippen LogP contribution in [0.2, 0.25) is 0 Å². The molecule has 0 aliphatic heterocycles. The van der Waals surface area contributed by atoms with Crippen LogP contribution in [0.4, 0.5) is 0 Å². The van der Waals surface area contributed by atoms with E-state index in [0.29, 0.717) is 23.9 Å². The zero-order chi connectivity index (χ0) is 57.9. The molecule has 10 heteroatoms. The lowest BCUT2D eigenvalue weighted by atomic mass is 10.0. The van der Waals surface area contributed by atoms with Crippen LogP contribution in [0.3, 0.4) is 0 Å². The van der Waals surface area contributed by atoms with Crippen molar-refractivity contribution in [2.75, 3.05) is 40.9 Å². The summed E-state index contributed by atoms with van der Waals surface area (Å²) >= 11 is 0. The fourth-order valence-corrected chi connectivity index (χ4v) is 8.96. The summed E-state index contributed by atoms with van der Waals surface area (Å²) in [7, 11) is 1.11. The first-order chi connectivity index (χ1) is 38.4. The van der Waals surface area contributed by atoms with Gasteiger partial charge in [-0.2, -0.15) is 0 Å². The number of hydrogen-bond donors (Lipinski definition) is 1. The van der Waals surface area contributed by atoms with Crippen LogP contribution in [-0.2, 0) is 27.9 Å². The molecule has 1 N–H and O–H groups in total. The molecule has 0 saturated heterocycles. The third kappa shape index (κ3) is 58.6. The molecular formula is C69H117N2O7P. The highest BCUT2D eigenvalue weighted by Gasteiger charge is 2.27. The lowest BCUT2D eigenvalue weighted by Crippen LogP contribution is -2.47. The lowest BCUT2D eigenvalue weighted by Gasteiger charge is -2.30. The van der Waals surface area contributed by atoms with Gasteiger partial charge in [-0.25, -0.2) is 0 Å². The lowest BCUT2D eigenvalue weighted by molar-refractivity contribution is -0.870. The number of nitrogens with zero attached hydrogens (tertiary/aromatic N) is 1. The van der Waals surface area contributed by atoms with Gasteiger partial charge in [0.1, 0.15) is 19.3 Å². The van der Waals surface area contributed by atoms with Crippen molar-refractivity contribution >= 4 is 19.7 Å². The Bertz CT molecular complexity index is 1810. The van der Waals surface area contributed by atoms with E-state index in [2.05, 4.69) is 135 Å². The summed E-state index contributed by atoms with van der Waals surface area (Å²) in [5, 5.41) is 3.00.